The lowest BCUT2D eigenvalue weighted by atomic mass is 9.94. The molecule has 0 saturated heterocycles. The predicted octanol–water partition coefficient (Wildman–Crippen LogP) is 13.5. The fourth-order valence-corrected chi connectivity index (χ4v) is 10.4. The number of nitriles is 1. The van der Waals surface area contributed by atoms with E-state index < -0.39 is 11.7 Å². The van der Waals surface area contributed by atoms with Gasteiger partial charge in [0.25, 0.3) is 0 Å². The Morgan fingerprint density at radius 3 is 1.05 bits per heavy atom. The zero-order valence-electron chi connectivity index (χ0n) is 43.1. The molecule has 12 rings (SSSR count). The molecule has 6 aromatic carbocycles. The maximum absolute atomic E-state index is 15.7. The van der Waals surface area contributed by atoms with Crippen molar-refractivity contribution in [3.05, 3.63) is 172 Å². The maximum Gasteiger partial charge on any atom is 0.415 e. The third kappa shape index (κ3) is 8.96. The molecule has 0 fully saturated rings. The second-order valence-electron chi connectivity index (χ2n) is 19.0. The lowest BCUT2D eigenvalue weighted by Gasteiger charge is -2.21. The summed E-state index contributed by atoms with van der Waals surface area (Å²) >= 11 is 0. The number of rotatable bonds is 7. The number of fused-ring (bicyclic) bond motifs is 6. The van der Waals surface area contributed by atoms with Gasteiger partial charge in [0.2, 0.25) is 0 Å². The van der Waals surface area contributed by atoms with Crippen molar-refractivity contribution in [2.75, 3.05) is 0 Å². The smallest absolute Gasteiger partial charge is 0.309 e. The van der Waals surface area contributed by atoms with Crippen LogP contribution in [0.3, 0.4) is 0 Å². The van der Waals surface area contributed by atoms with Crippen LogP contribution in [0.2, 0.25) is 0 Å². The van der Waals surface area contributed by atoms with E-state index in [1.807, 2.05) is 81.9 Å². The van der Waals surface area contributed by atoms with Gasteiger partial charge in [-0.15, -0.1) is 0 Å². The van der Waals surface area contributed by atoms with Crippen LogP contribution in [0.25, 0.3) is 117 Å². The summed E-state index contributed by atoms with van der Waals surface area (Å²) in [5.41, 5.74) is 4.62. The van der Waals surface area contributed by atoms with Crippen LogP contribution in [0.5, 0.6) is 0 Å². The van der Waals surface area contributed by atoms with Crippen molar-refractivity contribution < 1.29 is 13.2 Å². The highest BCUT2D eigenvalue weighted by Crippen LogP contribution is 2.46. The Morgan fingerprint density at radius 1 is 0.418 bits per heavy atom. The molecule has 6 heterocycles. The Bertz CT molecular complexity index is 4340. The minimum atomic E-state index is -4.91. The van der Waals surface area contributed by atoms with E-state index in [-0.39, 0.29) is 35.5 Å². The minimum absolute atomic E-state index is 0. The molecule has 0 atom stereocenters. The number of nitrogens with zero attached hydrogens (tertiary/aromatic N) is 16. The van der Waals surface area contributed by atoms with E-state index in [1.54, 1.807) is 67.5 Å². The molecule has 79 heavy (non-hydrogen) atoms. The van der Waals surface area contributed by atoms with Crippen molar-refractivity contribution in [2.45, 2.75) is 69.0 Å². The average Bonchev–Trinajstić information content (AvgIpc) is 3.66. The molecule has 16 nitrogen and oxygen atoms in total. The fraction of sp³-hybridized carbons (Fsp3) is 0.167. The number of hydrogen-bond acceptors (Lipinski definition) is 13. The summed E-state index contributed by atoms with van der Waals surface area (Å²) in [5.74, 6) is 6.10. The third-order valence-corrected chi connectivity index (χ3v) is 13.4. The lowest BCUT2D eigenvalue weighted by molar-refractivity contribution is -0.137. The van der Waals surface area contributed by atoms with E-state index in [2.05, 4.69) is 70.7 Å². The summed E-state index contributed by atoms with van der Waals surface area (Å²) in [7, 11) is 0. The largest absolute Gasteiger partial charge is 0.415 e. The highest BCUT2D eigenvalue weighted by atomic mass is 19.4. The molecule has 0 aliphatic carbocycles. The first-order valence-corrected chi connectivity index (χ1v) is 24.5. The molecule has 0 saturated carbocycles. The van der Waals surface area contributed by atoms with Gasteiger partial charge in [-0.2, -0.15) is 18.4 Å². The Hall–Kier alpha value is -10.3. The molecule has 12 aromatic rings. The molecule has 0 bridgehead atoms. The van der Waals surface area contributed by atoms with Gasteiger partial charge < -0.3 is 9.13 Å². The number of benzene rings is 6. The van der Waals surface area contributed by atoms with E-state index in [0.717, 1.165) is 16.8 Å². The van der Waals surface area contributed by atoms with Crippen molar-refractivity contribution >= 4 is 49.3 Å². The second kappa shape index (κ2) is 19.1. The highest BCUT2D eigenvalue weighted by molar-refractivity contribution is 6.13. The number of alkyl halides is 3. The summed E-state index contributed by atoms with van der Waals surface area (Å²) < 4.78 is 50.9. The van der Waals surface area contributed by atoms with Gasteiger partial charge in [0.05, 0.1) is 51.1 Å². The van der Waals surface area contributed by atoms with Gasteiger partial charge in [-0.1, -0.05) is 19.6 Å². The van der Waals surface area contributed by atoms with Crippen molar-refractivity contribution in [1.29, 1.82) is 5.26 Å². The predicted molar refractivity (Wildman–Crippen MR) is 296 cm³/mol. The molecule has 386 valence electrons. The van der Waals surface area contributed by atoms with Crippen LogP contribution in [0, 0.1) is 73.3 Å². The monoisotopic (exact) mass is 1050 g/mol. The zero-order valence-corrected chi connectivity index (χ0v) is 43.1. The van der Waals surface area contributed by atoms with Crippen LogP contribution < -0.4 is 0 Å². The Labute approximate surface area is 450 Å². The van der Waals surface area contributed by atoms with E-state index >= 15 is 13.2 Å². The molecular formula is C60H45F3N16. The Balaban J connectivity index is 0.00000660. The van der Waals surface area contributed by atoms with Crippen LogP contribution in [-0.4, -0.2) is 68.9 Å². The quantitative estimate of drug-likeness (QED) is 0.137. The topological polar surface area (TPSA) is 193 Å². The van der Waals surface area contributed by atoms with E-state index in [9.17, 15) is 5.26 Å². The first-order chi connectivity index (χ1) is 37.4. The number of halogens is 3. The van der Waals surface area contributed by atoms with Crippen LogP contribution in [0.1, 0.15) is 65.1 Å². The van der Waals surface area contributed by atoms with Gasteiger partial charge >= 0.3 is 6.18 Å². The summed E-state index contributed by atoms with van der Waals surface area (Å²) in [6.07, 6.45) is -4.91. The van der Waals surface area contributed by atoms with Gasteiger partial charge in [-0.3, -0.25) is 0 Å². The number of hydrogen-bond donors (Lipinski definition) is 0. The molecule has 0 unspecified atom stereocenters. The van der Waals surface area contributed by atoms with E-state index in [0.29, 0.717) is 131 Å². The molecule has 0 spiro atoms. The molecule has 0 radical (unpaired) electrons. The van der Waals surface area contributed by atoms with Crippen molar-refractivity contribution in [3.8, 4) is 74.1 Å². The maximum atomic E-state index is 15.7. The highest BCUT2D eigenvalue weighted by Gasteiger charge is 2.35. The van der Waals surface area contributed by atoms with Gasteiger partial charge in [-0.05, 0) is 152 Å². The number of aryl methyl sites for hydroxylation is 8. The second-order valence-corrected chi connectivity index (χ2v) is 19.0. The summed E-state index contributed by atoms with van der Waals surface area (Å²) in [4.78, 5) is 58.2. The van der Waals surface area contributed by atoms with Crippen molar-refractivity contribution in [1.82, 2.24) is 68.9 Å². The normalized spacial score (nSPS) is 11.6. The average molecular weight is 1050 g/mol. The molecule has 0 N–H and O–H groups in total. The molecule has 6 aromatic heterocycles. The molecular weight excluding hydrogens is 1000 g/mol. The van der Waals surface area contributed by atoms with Crippen LogP contribution in [0.4, 0.5) is 18.9 Å². The van der Waals surface area contributed by atoms with E-state index in [1.165, 1.54) is 12.1 Å². The summed E-state index contributed by atoms with van der Waals surface area (Å²) in [6.45, 7) is 22.1. The molecule has 0 aliphatic rings. The summed E-state index contributed by atoms with van der Waals surface area (Å²) in [5, 5.41) is 14.3. The van der Waals surface area contributed by atoms with Crippen LogP contribution >= 0.6 is 0 Å². The summed E-state index contributed by atoms with van der Waals surface area (Å²) in [6, 6.07) is 32.1. The minimum Gasteiger partial charge on any atom is -0.309 e. The first kappa shape index (κ1) is 50.9. The molecule has 0 aliphatic heterocycles. The van der Waals surface area contributed by atoms with Gasteiger partial charge in [0, 0.05) is 49.4 Å². The van der Waals surface area contributed by atoms with E-state index in [4.69, 9.17) is 6.57 Å². The number of aromatic nitrogens is 14. The van der Waals surface area contributed by atoms with Crippen LogP contribution in [0.15, 0.2) is 103 Å². The lowest BCUT2D eigenvalue weighted by Crippen LogP contribution is -2.09. The van der Waals surface area contributed by atoms with Crippen molar-refractivity contribution in [2.24, 2.45) is 0 Å². The van der Waals surface area contributed by atoms with Crippen LogP contribution in [-0.2, 0) is 6.18 Å². The Morgan fingerprint density at radius 2 is 0.747 bits per heavy atom. The van der Waals surface area contributed by atoms with Gasteiger partial charge in [0.15, 0.2) is 29.0 Å². The first-order valence-electron chi connectivity index (χ1n) is 24.5. The molecule has 19 heteroatoms. The van der Waals surface area contributed by atoms with Gasteiger partial charge in [0.1, 0.15) is 52.7 Å². The zero-order chi connectivity index (χ0) is 54.5. The molecule has 0 amide bonds. The SMILES string of the molecule is C.[C-]#[N+]c1ccc(-c2cc(-n3c4ccc(-c5nc(C)nc(C)n5)cc4c4cc(-c5nc(C)nc(C)n5)ccc43)c(C#N)cc2-n2c3ccc(-c4nc(C)nc(C)n4)cc3c3cc(-c4nc(C)nc(C)n4)ccc32)c(C(F)(F)F)c1. The fourth-order valence-electron chi connectivity index (χ4n) is 10.4. The standard InChI is InChI=1S/C59H41F3N16.CH4/c1-28-65-29(2)70-55(69-28)36-10-16-49-43(20-36)44-21-37(56-71-30(3)66-31(4)72-56)11-17-50(44)77(49)53-26-47(42-15-14-41(64-9)25-48(42)59(60,61)62)54(24-40(53)27-63)78-51-18-12-38(57-73-32(5)67-33(6)74-57)22-45(51)46-23-39(13-19-52(46)78)58-75-34(7)68-35(8)76-58;/h10-26H,1-8H3;1H4. The Kier molecular flexibility index (Phi) is 12.3. The van der Waals surface area contributed by atoms with Crippen molar-refractivity contribution in [3.63, 3.8) is 0 Å². The third-order valence-electron chi connectivity index (χ3n) is 13.4. The van der Waals surface area contributed by atoms with Gasteiger partial charge in [-0.25, -0.2) is 64.7 Å².